The first-order chi connectivity index (χ1) is 9.90. The van der Waals surface area contributed by atoms with Crippen LogP contribution in [0, 0.1) is 0 Å². The van der Waals surface area contributed by atoms with Gasteiger partial charge in [0, 0.05) is 42.8 Å². The standard InChI is InChI=1S/C15H21N5/c1-2-12(14-5-6-17-18-14)10-19(8-1)11-15-16-7-9-20(15)13-3-4-13/h5-7,9,12-13H,1-4,8,10-11H2,(H,17,18)/t12-/m1/s1. The minimum Gasteiger partial charge on any atom is -0.331 e. The van der Waals surface area contributed by atoms with Gasteiger partial charge in [0.2, 0.25) is 0 Å². The molecule has 0 unspecified atom stereocenters. The fraction of sp³-hybridized carbons (Fsp3) is 0.600. The van der Waals surface area contributed by atoms with Crippen molar-refractivity contribution in [3.63, 3.8) is 0 Å². The van der Waals surface area contributed by atoms with Gasteiger partial charge in [-0.3, -0.25) is 10.00 Å². The fourth-order valence-electron chi connectivity index (χ4n) is 3.30. The third kappa shape index (κ3) is 2.38. The molecule has 3 heterocycles. The van der Waals surface area contributed by atoms with Crippen LogP contribution >= 0.6 is 0 Å². The summed E-state index contributed by atoms with van der Waals surface area (Å²) in [6.45, 7) is 3.27. The van der Waals surface area contributed by atoms with Crippen molar-refractivity contribution >= 4 is 0 Å². The molecule has 1 saturated heterocycles. The molecule has 2 fully saturated rings. The lowest BCUT2D eigenvalue weighted by atomic mass is 9.95. The Morgan fingerprint density at radius 1 is 1.25 bits per heavy atom. The van der Waals surface area contributed by atoms with Gasteiger partial charge in [0.05, 0.1) is 6.54 Å². The number of aromatic nitrogens is 4. The van der Waals surface area contributed by atoms with Gasteiger partial charge in [-0.05, 0) is 38.3 Å². The Morgan fingerprint density at radius 3 is 3.00 bits per heavy atom. The lowest BCUT2D eigenvalue weighted by molar-refractivity contribution is 0.192. The van der Waals surface area contributed by atoms with Crippen LogP contribution < -0.4 is 0 Å². The minimum atomic E-state index is 0.593. The van der Waals surface area contributed by atoms with E-state index in [-0.39, 0.29) is 0 Å². The summed E-state index contributed by atoms with van der Waals surface area (Å²) >= 11 is 0. The van der Waals surface area contributed by atoms with Crippen LogP contribution in [0.3, 0.4) is 0 Å². The van der Waals surface area contributed by atoms with Crippen molar-refractivity contribution in [1.29, 1.82) is 0 Å². The lowest BCUT2D eigenvalue weighted by Crippen LogP contribution is -2.34. The molecule has 2 aromatic rings. The van der Waals surface area contributed by atoms with Gasteiger partial charge in [-0.25, -0.2) is 4.98 Å². The summed E-state index contributed by atoms with van der Waals surface area (Å²) < 4.78 is 2.37. The van der Waals surface area contributed by atoms with Gasteiger partial charge in [0.15, 0.2) is 0 Å². The highest BCUT2D eigenvalue weighted by Crippen LogP contribution is 2.36. The van der Waals surface area contributed by atoms with Crippen molar-refractivity contribution in [3.8, 4) is 0 Å². The minimum absolute atomic E-state index is 0.593. The van der Waals surface area contributed by atoms with E-state index in [1.807, 2.05) is 12.4 Å². The van der Waals surface area contributed by atoms with Crippen LogP contribution in [0.2, 0.25) is 0 Å². The van der Waals surface area contributed by atoms with Gasteiger partial charge in [-0.1, -0.05) is 0 Å². The molecule has 1 atom stereocenters. The molecular weight excluding hydrogens is 250 g/mol. The molecule has 1 aliphatic heterocycles. The second-order valence-corrected chi connectivity index (χ2v) is 6.07. The van der Waals surface area contributed by atoms with Gasteiger partial charge in [0.25, 0.3) is 0 Å². The van der Waals surface area contributed by atoms with E-state index in [2.05, 4.69) is 36.9 Å². The molecule has 0 amide bonds. The summed E-state index contributed by atoms with van der Waals surface area (Å²) in [5.41, 5.74) is 1.28. The summed E-state index contributed by atoms with van der Waals surface area (Å²) in [7, 11) is 0. The van der Waals surface area contributed by atoms with Crippen molar-refractivity contribution in [2.24, 2.45) is 0 Å². The maximum Gasteiger partial charge on any atom is 0.123 e. The maximum absolute atomic E-state index is 4.56. The number of hydrogen-bond acceptors (Lipinski definition) is 3. The van der Waals surface area contributed by atoms with Crippen LogP contribution in [0.5, 0.6) is 0 Å². The van der Waals surface area contributed by atoms with Crippen LogP contribution in [0.25, 0.3) is 0 Å². The lowest BCUT2D eigenvalue weighted by Gasteiger charge is -2.32. The molecule has 0 spiro atoms. The number of likely N-dealkylation sites (tertiary alicyclic amines) is 1. The quantitative estimate of drug-likeness (QED) is 0.928. The molecule has 4 rings (SSSR count). The van der Waals surface area contributed by atoms with Gasteiger partial charge in [-0.2, -0.15) is 5.10 Å². The number of aromatic amines is 1. The Labute approximate surface area is 119 Å². The van der Waals surface area contributed by atoms with Crippen molar-refractivity contribution in [2.45, 2.75) is 44.2 Å². The number of nitrogens with zero attached hydrogens (tertiary/aromatic N) is 4. The van der Waals surface area contributed by atoms with Gasteiger partial charge < -0.3 is 4.57 Å². The first-order valence-electron chi connectivity index (χ1n) is 7.63. The summed E-state index contributed by atoms with van der Waals surface area (Å²) in [5, 5.41) is 7.21. The van der Waals surface area contributed by atoms with E-state index in [4.69, 9.17) is 0 Å². The first-order valence-corrected chi connectivity index (χ1v) is 7.63. The largest absolute Gasteiger partial charge is 0.331 e. The maximum atomic E-state index is 4.56. The molecule has 0 aromatic carbocycles. The van der Waals surface area contributed by atoms with Gasteiger partial charge in [0.1, 0.15) is 5.82 Å². The van der Waals surface area contributed by atoms with E-state index in [9.17, 15) is 0 Å². The molecule has 106 valence electrons. The van der Waals surface area contributed by atoms with E-state index < -0.39 is 0 Å². The zero-order chi connectivity index (χ0) is 13.4. The highest BCUT2D eigenvalue weighted by Gasteiger charge is 2.27. The number of piperidine rings is 1. The molecule has 1 N–H and O–H groups in total. The van der Waals surface area contributed by atoms with Crippen LogP contribution in [-0.2, 0) is 6.54 Å². The predicted molar refractivity (Wildman–Crippen MR) is 76.3 cm³/mol. The third-order valence-electron chi connectivity index (χ3n) is 4.52. The number of rotatable bonds is 4. The van der Waals surface area contributed by atoms with E-state index in [1.165, 1.54) is 43.7 Å². The molecule has 20 heavy (non-hydrogen) atoms. The topological polar surface area (TPSA) is 49.7 Å². The zero-order valence-corrected chi connectivity index (χ0v) is 11.7. The summed E-state index contributed by atoms with van der Waals surface area (Å²) in [6, 6.07) is 2.83. The second kappa shape index (κ2) is 5.05. The van der Waals surface area contributed by atoms with Gasteiger partial charge in [-0.15, -0.1) is 0 Å². The Hall–Kier alpha value is -1.62. The van der Waals surface area contributed by atoms with Crippen LogP contribution in [0.4, 0.5) is 0 Å². The van der Waals surface area contributed by atoms with E-state index in [0.717, 1.165) is 19.1 Å². The Bertz CT molecular complexity index is 555. The summed E-state index contributed by atoms with van der Waals surface area (Å²) in [5.74, 6) is 1.83. The average Bonchev–Trinajstić information content (AvgIpc) is 3.00. The molecule has 1 aliphatic carbocycles. The number of hydrogen-bond donors (Lipinski definition) is 1. The van der Waals surface area contributed by atoms with E-state index in [1.54, 1.807) is 0 Å². The SMILES string of the molecule is c1cc([C@@H]2CCCN(Cc3nccn3C3CC3)C2)[nH]n1. The fourth-order valence-corrected chi connectivity index (χ4v) is 3.30. The van der Waals surface area contributed by atoms with E-state index in [0.29, 0.717) is 5.92 Å². The molecule has 5 heteroatoms. The monoisotopic (exact) mass is 271 g/mol. The van der Waals surface area contributed by atoms with E-state index >= 15 is 0 Å². The smallest absolute Gasteiger partial charge is 0.123 e. The first kappa shape index (κ1) is 12.1. The van der Waals surface area contributed by atoms with Crippen molar-refractivity contribution in [1.82, 2.24) is 24.6 Å². The van der Waals surface area contributed by atoms with Crippen molar-refractivity contribution in [3.05, 3.63) is 36.2 Å². The van der Waals surface area contributed by atoms with Crippen molar-refractivity contribution in [2.75, 3.05) is 13.1 Å². The van der Waals surface area contributed by atoms with Gasteiger partial charge >= 0.3 is 0 Å². The Balaban J connectivity index is 1.44. The van der Waals surface area contributed by atoms with Crippen LogP contribution in [-0.4, -0.2) is 37.7 Å². The average molecular weight is 271 g/mol. The molecule has 2 aliphatic rings. The molecule has 5 nitrogen and oxygen atoms in total. The molecule has 1 saturated carbocycles. The highest BCUT2D eigenvalue weighted by atomic mass is 15.2. The highest BCUT2D eigenvalue weighted by molar-refractivity contribution is 5.08. The number of nitrogens with one attached hydrogen (secondary N) is 1. The van der Waals surface area contributed by atoms with Crippen molar-refractivity contribution < 1.29 is 0 Å². The third-order valence-corrected chi connectivity index (χ3v) is 4.52. The zero-order valence-electron chi connectivity index (χ0n) is 11.7. The second-order valence-electron chi connectivity index (χ2n) is 6.07. The summed E-state index contributed by atoms with van der Waals surface area (Å²) in [4.78, 5) is 7.10. The Morgan fingerprint density at radius 2 is 2.20 bits per heavy atom. The molecule has 2 aromatic heterocycles. The molecular formula is C15H21N5. The Kier molecular flexibility index (Phi) is 3.07. The molecule has 0 bridgehead atoms. The predicted octanol–water partition coefficient (Wildman–Crippen LogP) is 2.32. The number of H-pyrrole nitrogens is 1. The molecule has 0 radical (unpaired) electrons. The van der Waals surface area contributed by atoms with Crippen LogP contribution in [0.1, 0.15) is 49.2 Å². The summed E-state index contributed by atoms with van der Waals surface area (Å²) in [6.07, 6.45) is 11.1. The van der Waals surface area contributed by atoms with Crippen LogP contribution in [0.15, 0.2) is 24.7 Å². The number of imidazole rings is 1. The normalized spacial score (nSPS) is 24.1.